The third kappa shape index (κ3) is 3.62. The van der Waals surface area contributed by atoms with Gasteiger partial charge in [-0.1, -0.05) is 0 Å². The van der Waals surface area contributed by atoms with Crippen LogP contribution in [-0.2, 0) is 10.0 Å². The van der Waals surface area contributed by atoms with Gasteiger partial charge in [0.2, 0.25) is 10.0 Å². The molecule has 20 heavy (non-hydrogen) atoms. The lowest BCUT2D eigenvalue weighted by Gasteiger charge is -2.24. The molecule has 0 bridgehead atoms. The number of nitrogen functional groups attached to an aromatic ring is 1. The van der Waals surface area contributed by atoms with Crippen LogP contribution in [0.4, 0.5) is 14.5 Å². The minimum Gasteiger partial charge on any atom is -0.399 e. The third-order valence-electron chi connectivity index (χ3n) is 3.03. The minimum atomic E-state index is -4.12. The van der Waals surface area contributed by atoms with Gasteiger partial charge in [-0.2, -0.15) is 16.1 Å². The van der Waals surface area contributed by atoms with Gasteiger partial charge in [0, 0.05) is 18.8 Å². The summed E-state index contributed by atoms with van der Waals surface area (Å²) in [5.74, 6) is -1.90. The van der Waals surface area contributed by atoms with Crippen molar-refractivity contribution in [2.45, 2.75) is 24.3 Å². The number of anilines is 1. The molecule has 1 aromatic rings. The number of thioether (sulfide) groups is 1. The molecule has 1 unspecified atom stereocenters. The van der Waals surface area contributed by atoms with Crippen LogP contribution in [-0.4, -0.2) is 37.8 Å². The molecular formula is C12H18F2N2O2S2. The quantitative estimate of drug-likeness (QED) is 0.816. The number of rotatable bonds is 6. The van der Waals surface area contributed by atoms with E-state index >= 15 is 0 Å². The molecule has 0 aliphatic rings. The van der Waals surface area contributed by atoms with E-state index in [0.717, 1.165) is 22.2 Å². The van der Waals surface area contributed by atoms with Gasteiger partial charge >= 0.3 is 0 Å². The van der Waals surface area contributed by atoms with Crippen molar-refractivity contribution in [3.63, 3.8) is 0 Å². The first-order valence-corrected chi connectivity index (χ1v) is 8.76. The summed E-state index contributed by atoms with van der Waals surface area (Å²) in [6.07, 6.45) is 2.53. The van der Waals surface area contributed by atoms with Crippen molar-refractivity contribution in [3.05, 3.63) is 23.8 Å². The topological polar surface area (TPSA) is 63.4 Å². The van der Waals surface area contributed by atoms with Gasteiger partial charge in [-0.25, -0.2) is 17.2 Å². The molecule has 0 aliphatic carbocycles. The van der Waals surface area contributed by atoms with Crippen LogP contribution in [0.25, 0.3) is 0 Å². The fraction of sp³-hybridized carbons (Fsp3) is 0.500. The molecule has 114 valence electrons. The maximum absolute atomic E-state index is 13.7. The number of sulfonamides is 1. The van der Waals surface area contributed by atoms with Gasteiger partial charge in [0.25, 0.3) is 0 Å². The molecule has 0 heterocycles. The summed E-state index contributed by atoms with van der Waals surface area (Å²) in [6, 6.07) is 1.37. The summed E-state index contributed by atoms with van der Waals surface area (Å²) >= 11 is 1.59. The molecule has 0 saturated heterocycles. The van der Waals surface area contributed by atoms with Crippen molar-refractivity contribution < 1.29 is 17.2 Å². The number of benzene rings is 1. The van der Waals surface area contributed by atoms with Crippen LogP contribution in [0.2, 0.25) is 0 Å². The van der Waals surface area contributed by atoms with Gasteiger partial charge in [0.05, 0.1) is 0 Å². The van der Waals surface area contributed by atoms with Crippen LogP contribution in [0.3, 0.4) is 0 Å². The first-order chi connectivity index (χ1) is 9.21. The van der Waals surface area contributed by atoms with Crippen molar-refractivity contribution in [1.82, 2.24) is 4.31 Å². The van der Waals surface area contributed by atoms with Gasteiger partial charge in [0.15, 0.2) is 11.6 Å². The summed E-state index contributed by atoms with van der Waals surface area (Å²) in [7, 11) is -2.77. The lowest BCUT2D eigenvalue weighted by Crippen LogP contribution is -2.36. The molecule has 8 heteroatoms. The second-order valence-electron chi connectivity index (χ2n) is 4.47. The van der Waals surface area contributed by atoms with Crippen LogP contribution in [0, 0.1) is 11.6 Å². The average molecular weight is 324 g/mol. The molecule has 0 radical (unpaired) electrons. The Labute approximate surface area is 122 Å². The van der Waals surface area contributed by atoms with Crippen LogP contribution < -0.4 is 5.73 Å². The molecule has 1 rings (SSSR count). The van der Waals surface area contributed by atoms with E-state index in [1.165, 1.54) is 7.05 Å². The Hall–Kier alpha value is -0.860. The molecule has 1 aromatic carbocycles. The highest BCUT2D eigenvalue weighted by molar-refractivity contribution is 7.98. The highest BCUT2D eigenvalue weighted by atomic mass is 32.2. The molecule has 2 N–H and O–H groups in total. The van der Waals surface area contributed by atoms with E-state index < -0.39 is 26.6 Å². The highest BCUT2D eigenvalue weighted by Crippen LogP contribution is 2.25. The summed E-state index contributed by atoms with van der Waals surface area (Å²) < 4.78 is 52.7. The zero-order valence-electron chi connectivity index (χ0n) is 11.6. The second kappa shape index (κ2) is 6.73. The molecule has 0 spiro atoms. The lowest BCUT2D eigenvalue weighted by molar-refractivity contribution is 0.378. The maximum Gasteiger partial charge on any atom is 0.246 e. The average Bonchev–Trinajstić information content (AvgIpc) is 2.38. The monoisotopic (exact) mass is 324 g/mol. The van der Waals surface area contributed by atoms with Gasteiger partial charge in [-0.05, 0) is 37.5 Å². The van der Waals surface area contributed by atoms with Crippen molar-refractivity contribution in [2.75, 3.05) is 24.8 Å². The molecule has 0 amide bonds. The maximum atomic E-state index is 13.7. The van der Waals surface area contributed by atoms with E-state index in [-0.39, 0.29) is 11.7 Å². The first kappa shape index (κ1) is 17.2. The Morgan fingerprint density at radius 3 is 2.55 bits per heavy atom. The third-order valence-corrected chi connectivity index (χ3v) is 5.65. The van der Waals surface area contributed by atoms with E-state index in [9.17, 15) is 17.2 Å². The Morgan fingerprint density at radius 1 is 1.40 bits per heavy atom. The Balaban J connectivity index is 3.17. The minimum absolute atomic E-state index is 0.132. The molecule has 0 saturated carbocycles. The van der Waals surface area contributed by atoms with Crippen molar-refractivity contribution in [3.8, 4) is 0 Å². The normalized spacial score (nSPS) is 13.7. The molecular weight excluding hydrogens is 306 g/mol. The van der Waals surface area contributed by atoms with Crippen LogP contribution in [0.5, 0.6) is 0 Å². The first-order valence-electron chi connectivity index (χ1n) is 5.93. The largest absolute Gasteiger partial charge is 0.399 e. The summed E-state index contributed by atoms with van der Waals surface area (Å²) in [5.41, 5.74) is 5.26. The number of nitrogens with two attached hydrogens (primary N) is 1. The van der Waals surface area contributed by atoms with Crippen LogP contribution in [0.15, 0.2) is 17.0 Å². The fourth-order valence-corrected chi connectivity index (χ4v) is 3.71. The van der Waals surface area contributed by atoms with Gasteiger partial charge < -0.3 is 5.73 Å². The summed E-state index contributed by atoms with van der Waals surface area (Å²) in [4.78, 5) is -0.728. The highest BCUT2D eigenvalue weighted by Gasteiger charge is 2.29. The Morgan fingerprint density at radius 2 is 2.00 bits per heavy atom. The van der Waals surface area contributed by atoms with Crippen LogP contribution >= 0.6 is 11.8 Å². The van der Waals surface area contributed by atoms with E-state index in [1.807, 2.05) is 6.26 Å². The molecule has 0 aliphatic heterocycles. The van der Waals surface area contributed by atoms with Gasteiger partial charge in [0.1, 0.15) is 4.90 Å². The number of halogens is 2. The molecule has 0 aromatic heterocycles. The zero-order valence-corrected chi connectivity index (χ0v) is 13.2. The van der Waals surface area contributed by atoms with Crippen molar-refractivity contribution in [1.29, 1.82) is 0 Å². The second-order valence-corrected chi connectivity index (χ2v) is 7.42. The van der Waals surface area contributed by atoms with E-state index in [2.05, 4.69) is 0 Å². The van der Waals surface area contributed by atoms with Crippen molar-refractivity contribution in [2.24, 2.45) is 0 Å². The molecule has 4 nitrogen and oxygen atoms in total. The van der Waals surface area contributed by atoms with E-state index in [4.69, 9.17) is 5.73 Å². The molecule has 0 fully saturated rings. The fourth-order valence-electron chi connectivity index (χ4n) is 1.63. The van der Waals surface area contributed by atoms with Crippen LogP contribution in [0.1, 0.15) is 13.3 Å². The Kier molecular flexibility index (Phi) is 5.79. The predicted molar refractivity (Wildman–Crippen MR) is 78.2 cm³/mol. The standard InChI is InChI=1S/C12H18F2N2O2S2/c1-8(4-5-19-3)16(2)20(17,18)11-7-9(15)6-10(13)12(11)14/h6-8H,4-5,15H2,1-3H3. The summed E-state index contributed by atoms with van der Waals surface area (Å²) in [5, 5.41) is 0. The predicted octanol–water partition coefficient (Wildman–Crippen LogP) is 2.31. The van der Waals surface area contributed by atoms with E-state index in [0.29, 0.717) is 6.42 Å². The number of hydrogen-bond acceptors (Lipinski definition) is 4. The SMILES string of the molecule is CSCCC(C)N(C)S(=O)(=O)c1cc(N)cc(F)c1F. The van der Waals surface area contributed by atoms with E-state index in [1.54, 1.807) is 18.7 Å². The van der Waals surface area contributed by atoms with Crippen molar-refractivity contribution >= 4 is 27.5 Å². The van der Waals surface area contributed by atoms with Gasteiger partial charge in [-0.3, -0.25) is 0 Å². The Bertz CT molecular complexity index is 579. The lowest BCUT2D eigenvalue weighted by atomic mass is 10.3. The smallest absolute Gasteiger partial charge is 0.246 e. The summed E-state index contributed by atoms with van der Waals surface area (Å²) in [6.45, 7) is 1.72. The molecule has 1 atom stereocenters. The zero-order chi connectivity index (χ0) is 15.5. The van der Waals surface area contributed by atoms with Gasteiger partial charge in [-0.15, -0.1) is 0 Å². The number of nitrogens with zero attached hydrogens (tertiary/aromatic N) is 1. The number of hydrogen-bond donors (Lipinski definition) is 1.